The van der Waals surface area contributed by atoms with Crippen molar-refractivity contribution in [3.05, 3.63) is 42.5 Å². The molecule has 0 N–H and O–H groups in total. The zero-order valence-electron chi connectivity index (χ0n) is 15.0. The van der Waals surface area contributed by atoms with Gasteiger partial charge in [0.1, 0.15) is 0 Å². The van der Waals surface area contributed by atoms with E-state index in [-0.39, 0.29) is 0 Å². The van der Waals surface area contributed by atoms with Crippen molar-refractivity contribution in [1.29, 1.82) is 0 Å². The van der Waals surface area contributed by atoms with E-state index in [1.807, 2.05) is 36.4 Å². The second-order valence-corrected chi connectivity index (χ2v) is 10.2. The van der Waals surface area contributed by atoms with E-state index >= 15 is 0 Å². The van der Waals surface area contributed by atoms with Gasteiger partial charge >= 0.3 is 0 Å². The topological polar surface area (TPSA) is 40.6 Å². The molecule has 0 spiro atoms. The number of piperidine rings is 1. The number of nitrogens with zero attached hydrogens (tertiary/aromatic N) is 2. The lowest BCUT2D eigenvalue weighted by atomic mass is 9.95. The third kappa shape index (κ3) is 2.96. The Balaban J connectivity index is 1.48. The molecule has 2 aromatic rings. The summed E-state index contributed by atoms with van der Waals surface area (Å²) in [5.74, 6) is 1.33. The predicted octanol–water partition coefficient (Wildman–Crippen LogP) is 3.33. The van der Waals surface area contributed by atoms with Crippen LogP contribution < -0.4 is 0 Å². The van der Waals surface area contributed by atoms with Gasteiger partial charge in [0.05, 0.1) is 4.90 Å². The van der Waals surface area contributed by atoms with E-state index in [1.165, 1.54) is 19.4 Å². The molecule has 0 amide bonds. The number of hydrogen-bond acceptors (Lipinski definition) is 3. The zero-order chi connectivity index (χ0) is 17.7. The first-order chi connectivity index (χ1) is 12.6. The van der Waals surface area contributed by atoms with Gasteiger partial charge in [0.25, 0.3) is 0 Å². The fourth-order valence-electron chi connectivity index (χ4n) is 4.75. The summed E-state index contributed by atoms with van der Waals surface area (Å²) >= 11 is 0. The molecule has 4 fully saturated rings. The molecule has 2 aromatic carbocycles. The monoisotopic (exact) mass is 370 g/mol. The summed E-state index contributed by atoms with van der Waals surface area (Å²) in [6.45, 7) is 3.56. The van der Waals surface area contributed by atoms with Gasteiger partial charge in [-0.1, -0.05) is 36.4 Å². The van der Waals surface area contributed by atoms with E-state index in [4.69, 9.17) is 0 Å². The Morgan fingerprint density at radius 2 is 1.69 bits per heavy atom. The van der Waals surface area contributed by atoms with Crippen LogP contribution in [-0.4, -0.2) is 49.8 Å². The molecule has 0 radical (unpaired) electrons. The van der Waals surface area contributed by atoms with Crippen LogP contribution in [0.2, 0.25) is 0 Å². The molecule has 1 saturated carbocycles. The molecule has 2 atom stereocenters. The van der Waals surface area contributed by atoms with Gasteiger partial charge in [0.2, 0.25) is 10.0 Å². The van der Waals surface area contributed by atoms with E-state index < -0.39 is 10.0 Å². The Morgan fingerprint density at radius 3 is 2.54 bits per heavy atom. The van der Waals surface area contributed by atoms with Gasteiger partial charge in [-0.2, -0.15) is 4.31 Å². The second kappa shape index (κ2) is 6.32. The SMILES string of the molecule is O=S(=O)(c1cccc2ccccc12)N1C[C@@H]2CC[C@H](C1)N(CC1CC1)C2. The summed E-state index contributed by atoms with van der Waals surface area (Å²) in [6.07, 6.45) is 5.00. The summed E-state index contributed by atoms with van der Waals surface area (Å²) in [5, 5.41) is 1.82. The van der Waals surface area contributed by atoms with Crippen molar-refractivity contribution < 1.29 is 8.42 Å². The lowest BCUT2D eigenvalue weighted by molar-refractivity contribution is 0.127. The molecular weight excluding hydrogens is 344 g/mol. The highest BCUT2D eigenvalue weighted by molar-refractivity contribution is 7.89. The Morgan fingerprint density at radius 1 is 0.885 bits per heavy atom. The van der Waals surface area contributed by atoms with Crippen LogP contribution in [-0.2, 0) is 10.0 Å². The average molecular weight is 371 g/mol. The van der Waals surface area contributed by atoms with Gasteiger partial charge in [-0.25, -0.2) is 8.42 Å². The van der Waals surface area contributed by atoms with E-state index in [9.17, 15) is 8.42 Å². The number of hydrogen-bond donors (Lipinski definition) is 0. The summed E-state index contributed by atoms with van der Waals surface area (Å²) < 4.78 is 28.8. The van der Waals surface area contributed by atoms with E-state index in [2.05, 4.69) is 4.90 Å². The van der Waals surface area contributed by atoms with Gasteiger partial charge in [-0.05, 0) is 49.0 Å². The van der Waals surface area contributed by atoms with Crippen molar-refractivity contribution in [3.8, 4) is 0 Å². The number of benzene rings is 2. The first kappa shape index (κ1) is 16.7. The van der Waals surface area contributed by atoms with Crippen molar-refractivity contribution in [1.82, 2.24) is 9.21 Å². The van der Waals surface area contributed by atoms with Crippen LogP contribution >= 0.6 is 0 Å². The minimum Gasteiger partial charge on any atom is -0.298 e. The van der Waals surface area contributed by atoms with Crippen LogP contribution in [0, 0.1) is 11.8 Å². The quantitative estimate of drug-likeness (QED) is 0.829. The molecule has 3 heterocycles. The number of fused-ring (bicyclic) bond motifs is 5. The first-order valence-corrected chi connectivity index (χ1v) is 11.3. The predicted molar refractivity (Wildman–Crippen MR) is 104 cm³/mol. The molecule has 3 aliphatic heterocycles. The van der Waals surface area contributed by atoms with Crippen LogP contribution in [0.5, 0.6) is 0 Å². The smallest absolute Gasteiger partial charge is 0.243 e. The molecule has 138 valence electrons. The molecule has 26 heavy (non-hydrogen) atoms. The zero-order valence-corrected chi connectivity index (χ0v) is 15.9. The lowest BCUT2D eigenvalue weighted by Crippen LogP contribution is -2.45. The maximum Gasteiger partial charge on any atom is 0.243 e. The average Bonchev–Trinajstić information content (AvgIpc) is 3.49. The molecule has 6 rings (SSSR count). The molecule has 5 heteroatoms. The Kier molecular flexibility index (Phi) is 4.07. The van der Waals surface area contributed by atoms with Gasteiger partial charge in [0.15, 0.2) is 0 Å². The molecule has 1 aliphatic carbocycles. The van der Waals surface area contributed by atoms with Crippen LogP contribution in [0.1, 0.15) is 25.7 Å². The largest absolute Gasteiger partial charge is 0.298 e. The van der Waals surface area contributed by atoms with Crippen molar-refractivity contribution in [3.63, 3.8) is 0 Å². The highest BCUT2D eigenvalue weighted by Crippen LogP contribution is 2.36. The van der Waals surface area contributed by atoms with E-state index in [0.29, 0.717) is 29.9 Å². The third-order valence-corrected chi connectivity index (χ3v) is 8.24. The van der Waals surface area contributed by atoms with Crippen LogP contribution in [0.25, 0.3) is 10.8 Å². The maximum absolute atomic E-state index is 13.5. The van der Waals surface area contributed by atoms with Crippen molar-refractivity contribution in [2.45, 2.75) is 36.6 Å². The molecule has 4 aliphatic rings. The molecule has 0 unspecified atom stereocenters. The molecular formula is C21H26N2O2S. The van der Waals surface area contributed by atoms with Crippen molar-refractivity contribution >= 4 is 20.8 Å². The van der Waals surface area contributed by atoms with Gasteiger partial charge < -0.3 is 0 Å². The lowest BCUT2D eigenvalue weighted by Gasteiger charge is -2.36. The summed E-state index contributed by atoms with van der Waals surface area (Å²) in [4.78, 5) is 3.05. The molecule has 0 aromatic heterocycles. The van der Waals surface area contributed by atoms with E-state index in [0.717, 1.165) is 36.1 Å². The first-order valence-electron chi connectivity index (χ1n) is 9.83. The highest BCUT2D eigenvalue weighted by Gasteiger charge is 2.41. The maximum atomic E-state index is 13.5. The Bertz CT molecular complexity index is 917. The minimum atomic E-state index is -3.47. The number of rotatable bonds is 4. The number of sulfonamides is 1. The normalized spacial score (nSPS) is 27.7. The summed E-state index contributed by atoms with van der Waals surface area (Å²) in [7, 11) is -3.47. The van der Waals surface area contributed by atoms with Crippen molar-refractivity contribution in [2.24, 2.45) is 11.8 Å². The van der Waals surface area contributed by atoms with Crippen LogP contribution in [0.4, 0.5) is 0 Å². The second-order valence-electron chi connectivity index (χ2n) is 8.29. The standard InChI is InChI=1S/C21H26N2O2S/c24-26(25,21-7-3-5-18-4-1-2-6-20(18)21)23-14-17-10-11-19(15-23)22(13-17)12-16-8-9-16/h1-7,16-17,19H,8-15H2/t17-,19-/m1/s1. The Labute approximate surface area is 155 Å². The Hall–Kier alpha value is -1.43. The van der Waals surface area contributed by atoms with Crippen molar-refractivity contribution in [2.75, 3.05) is 26.2 Å². The van der Waals surface area contributed by atoms with Gasteiger partial charge in [-0.3, -0.25) is 4.90 Å². The summed E-state index contributed by atoms with van der Waals surface area (Å²) in [6, 6.07) is 13.8. The van der Waals surface area contributed by atoms with Crippen LogP contribution in [0.3, 0.4) is 0 Å². The minimum absolute atomic E-state index is 0.388. The summed E-state index contributed by atoms with van der Waals surface area (Å²) in [5.41, 5.74) is 0. The van der Waals surface area contributed by atoms with Gasteiger partial charge in [-0.15, -0.1) is 0 Å². The molecule has 4 nitrogen and oxygen atoms in total. The highest BCUT2D eigenvalue weighted by atomic mass is 32.2. The van der Waals surface area contributed by atoms with E-state index in [1.54, 1.807) is 10.4 Å². The molecule has 3 saturated heterocycles. The van der Waals surface area contributed by atoms with Crippen LogP contribution in [0.15, 0.2) is 47.4 Å². The fraction of sp³-hybridized carbons (Fsp3) is 0.524. The van der Waals surface area contributed by atoms with Gasteiger partial charge in [0, 0.05) is 37.6 Å². The molecule has 2 bridgehead atoms. The fourth-order valence-corrected chi connectivity index (χ4v) is 6.52. The third-order valence-electron chi connectivity index (χ3n) is 6.35.